The molecule has 0 unspecified atom stereocenters. The van der Waals surface area contributed by atoms with Crippen molar-refractivity contribution < 1.29 is 9.72 Å². The first-order valence-corrected chi connectivity index (χ1v) is 8.28. The lowest BCUT2D eigenvalue weighted by Crippen LogP contribution is -2.02. The summed E-state index contributed by atoms with van der Waals surface area (Å²) in [6.45, 7) is 0. The number of carbonyl (C=O) groups excluding carboxylic acids is 1. The van der Waals surface area contributed by atoms with E-state index in [1.807, 2.05) is 6.07 Å². The normalized spacial score (nSPS) is 10.4. The average molecular weight is 350 g/mol. The van der Waals surface area contributed by atoms with Crippen LogP contribution in [0.1, 0.15) is 15.9 Å². The number of carbonyl (C=O) groups is 1. The molecule has 0 fully saturated rings. The molecule has 124 valence electrons. The fraction of sp³-hybridized carbons (Fsp3) is 0. The molecular weight excluding hydrogens is 336 g/mol. The van der Waals surface area contributed by atoms with E-state index in [1.165, 1.54) is 17.8 Å². The van der Waals surface area contributed by atoms with Crippen molar-refractivity contribution in [1.82, 2.24) is 0 Å². The first-order chi connectivity index (χ1) is 12.0. The predicted octanol–water partition coefficient (Wildman–Crippen LogP) is 4.56. The third-order valence-corrected chi connectivity index (χ3v) is 4.63. The summed E-state index contributed by atoms with van der Waals surface area (Å²) in [5.41, 5.74) is 6.97. The van der Waals surface area contributed by atoms with Crippen molar-refractivity contribution in [1.29, 1.82) is 0 Å². The van der Waals surface area contributed by atoms with Crippen molar-refractivity contribution >= 4 is 28.9 Å². The van der Waals surface area contributed by atoms with Crippen LogP contribution in [-0.4, -0.2) is 10.7 Å². The van der Waals surface area contributed by atoms with Gasteiger partial charge in [0.25, 0.3) is 5.69 Å². The highest BCUT2D eigenvalue weighted by Gasteiger charge is 2.19. The molecule has 3 aromatic rings. The van der Waals surface area contributed by atoms with Crippen LogP contribution in [0, 0.1) is 10.1 Å². The maximum atomic E-state index is 12.5. The minimum atomic E-state index is -0.471. The number of nitrogens with zero attached hydrogens (tertiary/aromatic N) is 1. The molecule has 0 spiro atoms. The predicted molar refractivity (Wildman–Crippen MR) is 97.9 cm³/mol. The summed E-state index contributed by atoms with van der Waals surface area (Å²) in [7, 11) is 0. The van der Waals surface area contributed by atoms with Crippen molar-refractivity contribution in [3.8, 4) is 0 Å². The number of nitro benzene ring substituents is 1. The zero-order chi connectivity index (χ0) is 17.8. The van der Waals surface area contributed by atoms with Crippen LogP contribution in [0.5, 0.6) is 0 Å². The highest BCUT2D eigenvalue weighted by atomic mass is 32.2. The lowest BCUT2D eigenvalue weighted by molar-refractivity contribution is -0.387. The molecule has 0 bridgehead atoms. The highest BCUT2D eigenvalue weighted by molar-refractivity contribution is 7.99. The van der Waals surface area contributed by atoms with Gasteiger partial charge in [0.15, 0.2) is 5.78 Å². The van der Waals surface area contributed by atoms with Gasteiger partial charge < -0.3 is 5.73 Å². The summed E-state index contributed by atoms with van der Waals surface area (Å²) >= 11 is 1.26. The maximum absolute atomic E-state index is 12.5. The van der Waals surface area contributed by atoms with E-state index in [9.17, 15) is 14.9 Å². The van der Waals surface area contributed by atoms with Crippen LogP contribution in [0.3, 0.4) is 0 Å². The van der Waals surface area contributed by atoms with Crippen LogP contribution in [0.25, 0.3) is 0 Å². The number of hydrogen-bond donors (Lipinski definition) is 1. The Kier molecular flexibility index (Phi) is 4.81. The second kappa shape index (κ2) is 7.19. The van der Waals surface area contributed by atoms with Crippen molar-refractivity contribution in [2.45, 2.75) is 9.79 Å². The molecule has 0 amide bonds. The number of nitro groups is 1. The van der Waals surface area contributed by atoms with E-state index in [0.29, 0.717) is 21.7 Å². The minimum absolute atomic E-state index is 0.0939. The van der Waals surface area contributed by atoms with E-state index in [1.54, 1.807) is 60.7 Å². The van der Waals surface area contributed by atoms with Crippen LogP contribution in [0.15, 0.2) is 82.6 Å². The summed E-state index contributed by atoms with van der Waals surface area (Å²) in [5, 5.41) is 11.4. The van der Waals surface area contributed by atoms with E-state index in [2.05, 4.69) is 0 Å². The standard InChI is InChI=1S/C19H14N2O3S/c20-15-7-9-16(10-8-15)25-18-11-6-14(12-17(18)21(23)24)19(22)13-4-2-1-3-5-13/h1-12H,20H2. The van der Waals surface area contributed by atoms with E-state index < -0.39 is 4.92 Å². The number of nitrogen functional groups attached to an aromatic ring is 1. The molecule has 5 nitrogen and oxygen atoms in total. The topological polar surface area (TPSA) is 86.2 Å². The third kappa shape index (κ3) is 3.87. The van der Waals surface area contributed by atoms with Crippen LogP contribution in [0.4, 0.5) is 11.4 Å². The van der Waals surface area contributed by atoms with Gasteiger partial charge in [0.05, 0.1) is 9.82 Å². The molecule has 0 aliphatic rings. The van der Waals surface area contributed by atoms with E-state index in [-0.39, 0.29) is 11.5 Å². The molecule has 0 saturated carbocycles. The molecule has 0 aliphatic heterocycles. The molecule has 0 aromatic heterocycles. The summed E-state index contributed by atoms with van der Waals surface area (Å²) in [6.07, 6.45) is 0. The molecule has 0 aliphatic carbocycles. The number of ketones is 1. The second-order valence-electron chi connectivity index (χ2n) is 5.31. The summed E-state index contributed by atoms with van der Waals surface area (Å²) < 4.78 is 0. The monoisotopic (exact) mass is 350 g/mol. The first kappa shape index (κ1) is 16.7. The molecule has 0 heterocycles. The van der Waals surface area contributed by atoms with Gasteiger partial charge in [-0.05, 0) is 36.4 Å². The molecule has 3 aromatic carbocycles. The molecule has 3 rings (SSSR count). The molecule has 25 heavy (non-hydrogen) atoms. The Morgan fingerprint density at radius 2 is 1.60 bits per heavy atom. The fourth-order valence-corrected chi connectivity index (χ4v) is 3.21. The van der Waals surface area contributed by atoms with Crippen molar-refractivity contribution in [3.05, 3.63) is 94.0 Å². The van der Waals surface area contributed by atoms with Gasteiger partial charge in [0.2, 0.25) is 0 Å². The largest absolute Gasteiger partial charge is 0.399 e. The highest BCUT2D eigenvalue weighted by Crippen LogP contribution is 2.36. The average Bonchev–Trinajstić information content (AvgIpc) is 2.64. The van der Waals surface area contributed by atoms with Gasteiger partial charge in [-0.15, -0.1) is 0 Å². The Hall–Kier alpha value is -3.12. The number of anilines is 1. The second-order valence-corrected chi connectivity index (χ2v) is 6.42. The lowest BCUT2D eigenvalue weighted by atomic mass is 10.0. The zero-order valence-electron chi connectivity index (χ0n) is 13.1. The summed E-state index contributed by atoms with van der Waals surface area (Å²) in [5.74, 6) is -0.243. The Labute approximate surface area is 148 Å². The number of nitrogens with two attached hydrogens (primary N) is 1. The van der Waals surface area contributed by atoms with Gasteiger partial charge in [0, 0.05) is 27.8 Å². The van der Waals surface area contributed by atoms with Gasteiger partial charge in [-0.2, -0.15) is 0 Å². The van der Waals surface area contributed by atoms with Crippen LogP contribution < -0.4 is 5.73 Å². The fourth-order valence-electron chi connectivity index (χ4n) is 2.31. The third-order valence-electron chi connectivity index (χ3n) is 3.56. The molecule has 2 N–H and O–H groups in total. The van der Waals surface area contributed by atoms with Crippen molar-refractivity contribution in [3.63, 3.8) is 0 Å². The Bertz CT molecular complexity index is 925. The van der Waals surface area contributed by atoms with Gasteiger partial charge >= 0.3 is 0 Å². The Morgan fingerprint density at radius 1 is 0.920 bits per heavy atom. The van der Waals surface area contributed by atoms with Crippen molar-refractivity contribution in [2.24, 2.45) is 0 Å². The van der Waals surface area contributed by atoms with Gasteiger partial charge in [0.1, 0.15) is 0 Å². The lowest BCUT2D eigenvalue weighted by Gasteiger charge is -2.06. The van der Waals surface area contributed by atoms with Gasteiger partial charge in [-0.1, -0.05) is 42.1 Å². The van der Waals surface area contributed by atoms with Crippen molar-refractivity contribution in [2.75, 3.05) is 5.73 Å². The SMILES string of the molecule is Nc1ccc(Sc2ccc(C(=O)c3ccccc3)cc2[N+](=O)[O-])cc1. The van der Waals surface area contributed by atoms with Crippen LogP contribution in [-0.2, 0) is 0 Å². The molecule has 0 radical (unpaired) electrons. The van der Waals surface area contributed by atoms with E-state index >= 15 is 0 Å². The van der Waals surface area contributed by atoms with Gasteiger partial charge in [-0.25, -0.2) is 0 Å². The van der Waals surface area contributed by atoms with E-state index in [4.69, 9.17) is 5.73 Å². The van der Waals surface area contributed by atoms with Crippen LogP contribution in [0.2, 0.25) is 0 Å². The Morgan fingerprint density at radius 3 is 2.24 bits per heavy atom. The first-order valence-electron chi connectivity index (χ1n) is 7.46. The quantitative estimate of drug-likeness (QED) is 0.315. The molecule has 6 heteroatoms. The maximum Gasteiger partial charge on any atom is 0.283 e. The number of benzene rings is 3. The van der Waals surface area contributed by atoms with Gasteiger partial charge in [-0.3, -0.25) is 14.9 Å². The summed E-state index contributed by atoms with van der Waals surface area (Å²) in [6, 6.07) is 20.3. The smallest absolute Gasteiger partial charge is 0.283 e. The molecular formula is C19H14N2O3S. The molecule has 0 atom stereocenters. The van der Waals surface area contributed by atoms with Crippen LogP contribution >= 0.6 is 11.8 Å². The zero-order valence-corrected chi connectivity index (χ0v) is 13.9. The number of hydrogen-bond acceptors (Lipinski definition) is 5. The molecule has 0 saturated heterocycles. The number of rotatable bonds is 5. The van der Waals surface area contributed by atoms with E-state index in [0.717, 1.165) is 4.90 Å². The minimum Gasteiger partial charge on any atom is -0.399 e. The Balaban J connectivity index is 1.94. The summed E-state index contributed by atoms with van der Waals surface area (Å²) in [4.78, 5) is 24.8.